The van der Waals surface area contributed by atoms with Crippen molar-refractivity contribution in [2.45, 2.75) is 18.3 Å². The summed E-state index contributed by atoms with van der Waals surface area (Å²) in [4.78, 5) is 12.6. The van der Waals surface area contributed by atoms with Gasteiger partial charge in [-0.1, -0.05) is 12.1 Å². The van der Waals surface area contributed by atoms with E-state index < -0.39 is 24.2 Å². The molecule has 0 bridgehead atoms. The molecule has 1 N–H and O–H groups in total. The van der Waals surface area contributed by atoms with Gasteiger partial charge in [-0.2, -0.15) is 23.3 Å². The number of hydrazone groups is 1. The summed E-state index contributed by atoms with van der Waals surface area (Å²) in [6.07, 6.45) is -1.61. The van der Waals surface area contributed by atoms with Crippen LogP contribution in [0, 0.1) is 0 Å². The minimum absolute atomic E-state index is 0.00502. The highest BCUT2D eigenvalue weighted by molar-refractivity contribution is 5.99. The number of carbonyl (C=O) groups is 1. The van der Waals surface area contributed by atoms with Gasteiger partial charge >= 0.3 is 6.18 Å². The van der Waals surface area contributed by atoms with E-state index in [9.17, 15) is 23.1 Å². The van der Waals surface area contributed by atoms with Gasteiger partial charge in [0.05, 0.1) is 11.3 Å². The monoisotopic (exact) mass is 323 g/mol. The summed E-state index contributed by atoms with van der Waals surface area (Å²) in [5.74, 6) is -1.03. The maximum absolute atomic E-state index is 13.1. The van der Waals surface area contributed by atoms with Crippen molar-refractivity contribution in [1.29, 1.82) is 0 Å². The van der Waals surface area contributed by atoms with E-state index >= 15 is 0 Å². The largest absolute Gasteiger partial charge is 0.438 e. The molecule has 3 rings (SSSR count). The number of para-hydroxylation sites is 1. The molecule has 120 valence electrons. The van der Waals surface area contributed by atoms with E-state index in [0.717, 1.165) is 6.21 Å². The smallest absolute Gasteiger partial charge is 0.362 e. The quantitative estimate of drug-likeness (QED) is 0.923. The first-order valence-electron chi connectivity index (χ1n) is 6.73. The summed E-state index contributed by atoms with van der Waals surface area (Å²) in [5.41, 5.74) is -2.92. The average Bonchev–Trinajstić information content (AvgIpc) is 3.16. The van der Waals surface area contributed by atoms with Crippen LogP contribution < -0.4 is 0 Å². The number of hydrogen-bond acceptors (Lipinski definition) is 3. The predicted molar refractivity (Wildman–Crippen MR) is 76.1 cm³/mol. The van der Waals surface area contributed by atoms with Crippen LogP contribution in [0.3, 0.4) is 0 Å². The topological polar surface area (TPSA) is 57.8 Å². The number of nitrogens with zero attached hydrogens (tertiary/aromatic N) is 3. The molecule has 1 aliphatic heterocycles. The van der Waals surface area contributed by atoms with Crippen LogP contribution in [0.5, 0.6) is 0 Å². The number of aliphatic hydroxyl groups is 1. The van der Waals surface area contributed by atoms with Gasteiger partial charge in [0.25, 0.3) is 11.6 Å². The third-order valence-electron chi connectivity index (χ3n) is 3.59. The second-order valence-corrected chi connectivity index (χ2v) is 5.04. The minimum atomic E-state index is -5.01. The molecule has 1 aliphatic rings. The Morgan fingerprint density at radius 1 is 1.17 bits per heavy atom. The van der Waals surface area contributed by atoms with Gasteiger partial charge in [0.15, 0.2) is 0 Å². The molecule has 5 nitrogen and oxygen atoms in total. The van der Waals surface area contributed by atoms with Crippen LogP contribution in [0.4, 0.5) is 13.2 Å². The van der Waals surface area contributed by atoms with E-state index in [1.54, 1.807) is 41.2 Å². The molecule has 1 aromatic heterocycles. The molecule has 0 aliphatic carbocycles. The van der Waals surface area contributed by atoms with Crippen molar-refractivity contribution in [2.24, 2.45) is 5.10 Å². The number of benzene rings is 1. The van der Waals surface area contributed by atoms with Crippen LogP contribution in [0.25, 0.3) is 5.69 Å². The van der Waals surface area contributed by atoms with Gasteiger partial charge in [-0.05, 0) is 24.3 Å². The highest BCUT2D eigenvalue weighted by Gasteiger charge is 2.61. The SMILES string of the molecule is O=C(c1ccccc1-n1cccc1)N1N=CC[C@]1(O)C(F)(F)F. The first-order valence-corrected chi connectivity index (χ1v) is 6.73. The summed E-state index contributed by atoms with van der Waals surface area (Å²) < 4.78 is 40.9. The van der Waals surface area contributed by atoms with Crippen LogP contribution in [0.2, 0.25) is 0 Å². The van der Waals surface area contributed by atoms with E-state index in [-0.39, 0.29) is 10.6 Å². The lowest BCUT2D eigenvalue weighted by Gasteiger charge is -2.32. The average molecular weight is 323 g/mol. The van der Waals surface area contributed by atoms with Gasteiger partial charge in [0.1, 0.15) is 0 Å². The van der Waals surface area contributed by atoms with E-state index in [0.29, 0.717) is 5.69 Å². The van der Waals surface area contributed by atoms with Crippen LogP contribution in [-0.2, 0) is 0 Å². The third kappa shape index (κ3) is 2.40. The zero-order valence-corrected chi connectivity index (χ0v) is 11.7. The molecule has 0 fully saturated rings. The Hall–Kier alpha value is -2.61. The molecule has 2 aromatic rings. The van der Waals surface area contributed by atoms with E-state index in [1.165, 1.54) is 12.1 Å². The Morgan fingerprint density at radius 3 is 2.48 bits per heavy atom. The normalized spacial score (nSPS) is 21.0. The van der Waals surface area contributed by atoms with Crippen molar-refractivity contribution < 1.29 is 23.1 Å². The summed E-state index contributed by atoms with van der Waals surface area (Å²) in [5, 5.41) is 13.4. The van der Waals surface area contributed by atoms with Crippen molar-refractivity contribution in [3.63, 3.8) is 0 Å². The van der Waals surface area contributed by atoms with Crippen molar-refractivity contribution in [2.75, 3.05) is 0 Å². The summed E-state index contributed by atoms with van der Waals surface area (Å²) >= 11 is 0. The number of rotatable bonds is 2. The molecule has 0 saturated carbocycles. The van der Waals surface area contributed by atoms with Gasteiger partial charge in [-0.15, -0.1) is 0 Å². The fourth-order valence-corrected chi connectivity index (χ4v) is 2.38. The van der Waals surface area contributed by atoms with Crippen molar-refractivity contribution >= 4 is 12.1 Å². The zero-order chi connectivity index (χ0) is 16.7. The molecule has 23 heavy (non-hydrogen) atoms. The predicted octanol–water partition coefficient (Wildman–Crippen LogP) is 2.56. The molecule has 2 heterocycles. The first kappa shape index (κ1) is 15.3. The summed E-state index contributed by atoms with van der Waals surface area (Å²) in [7, 11) is 0. The molecule has 0 spiro atoms. The maximum Gasteiger partial charge on any atom is 0.438 e. The Bertz CT molecular complexity index is 756. The maximum atomic E-state index is 13.1. The van der Waals surface area contributed by atoms with Gasteiger partial charge in [0.2, 0.25) is 0 Å². The first-order chi connectivity index (χ1) is 10.8. The Kier molecular flexibility index (Phi) is 3.48. The van der Waals surface area contributed by atoms with E-state index in [2.05, 4.69) is 5.10 Å². The second-order valence-electron chi connectivity index (χ2n) is 5.04. The molecule has 0 unspecified atom stereocenters. The second kappa shape index (κ2) is 5.24. The number of hydrogen-bond donors (Lipinski definition) is 1. The molecule has 0 saturated heterocycles. The lowest BCUT2D eigenvalue weighted by atomic mass is 10.1. The minimum Gasteiger partial charge on any atom is -0.362 e. The van der Waals surface area contributed by atoms with E-state index in [1.807, 2.05) is 0 Å². The highest BCUT2D eigenvalue weighted by atomic mass is 19.4. The van der Waals surface area contributed by atoms with Crippen LogP contribution in [0.15, 0.2) is 53.9 Å². The van der Waals surface area contributed by atoms with E-state index in [4.69, 9.17) is 0 Å². The van der Waals surface area contributed by atoms with Crippen LogP contribution >= 0.6 is 0 Å². The summed E-state index contributed by atoms with van der Waals surface area (Å²) in [6, 6.07) is 9.63. The zero-order valence-electron chi connectivity index (χ0n) is 11.7. The van der Waals surface area contributed by atoms with Gasteiger partial charge in [-0.3, -0.25) is 4.79 Å². The Labute approximate surface area is 129 Å². The Morgan fingerprint density at radius 2 is 1.83 bits per heavy atom. The standard InChI is InChI=1S/C15H12F3N3O2/c16-15(17,18)14(23)7-8-19-21(14)13(22)11-5-1-2-6-12(11)20-9-3-4-10-20/h1-6,8-10,23H,7H2/t14-/m0/s1. The van der Waals surface area contributed by atoms with Gasteiger partial charge in [0, 0.05) is 25.0 Å². The van der Waals surface area contributed by atoms with Crippen molar-refractivity contribution in [3.05, 3.63) is 54.4 Å². The highest BCUT2D eigenvalue weighted by Crippen LogP contribution is 2.39. The Balaban J connectivity index is 2.04. The summed E-state index contributed by atoms with van der Waals surface area (Å²) in [6.45, 7) is 0. The fourth-order valence-electron chi connectivity index (χ4n) is 2.38. The number of carbonyl (C=O) groups excluding carboxylic acids is 1. The lowest BCUT2D eigenvalue weighted by molar-refractivity contribution is -0.297. The van der Waals surface area contributed by atoms with Gasteiger partial charge < -0.3 is 9.67 Å². The number of aromatic nitrogens is 1. The fraction of sp³-hybridized carbons (Fsp3) is 0.200. The van der Waals surface area contributed by atoms with Crippen molar-refractivity contribution in [1.82, 2.24) is 9.58 Å². The molecular weight excluding hydrogens is 311 g/mol. The number of amides is 1. The molecule has 8 heteroatoms. The molecule has 1 amide bonds. The number of halogens is 3. The molecule has 1 atom stereocenters. The van der Waals surface area contributed by atoms with Crippen LogP contribution in [0.1, 0.15) is 16.8 Å². The lowest BCUT2D eigenvalue weighted by Crippen LogP contribution is -2.56. The van der Waals surface area contributed by atoms with Crippen molar-refractivity contribution in [3.8, 4) is 5.69 Å². The molecule has 0 radical (unpaired) electrons. The molecular formula is C15H12F3N3O2. The van der Waals surface area contributed by atoms with Crippen LogP contribution in [-0.4, -0.2) is 38.7 Å². The third-order valence-corrected chi connectivity index (χ3v) is 3.59. The van der Waals surface area contributed by atoms with Gasteiger partial charge in [-0.25, -0.2) is 0 Å². The molecule has 1 aromatic carbocycles. The number of alkyl halides is 3.